The molecule has 0 radical (unpaired) electrons. The average molecular weight is 319 g/mol. The van der Waals surface area contributed by atoms with Crippen molar-refractivity contribution < 1.29 is 0 Å². The maximum absolute atomic E-state index is 3.57. The van der Waals surface area contributed by atoms with E-state index in [1.165, 1.54) is 18.6 Å². The zero-order chi connectivity index (χ0) is 13.8. The molecule has 0 aliphatic carbocycles. The molecule has 0 nitrogen and oxygen atoms in total. The summed E-state index contributed by atoms with van der Waals surface area (Å²) in [7, 11) is 0. The molecule has 0 amide bonds. The molecular weight excluding hydrogens is 303 g/mol. The first-order valence-corrected chi connectivity index (χ1v) is 9.55. The summed E-state index contributed by atoms with van der Waals surface area (Å²) >= 11 is -1.47. The summed E-state index contributed by atoms with van der Waals surface area (Å²) in [6, 6.07) is 31.8. The van der Waals surface area contributed by atoms with Crippen molar-refractivity contribution >= 4 is 27.7 Å². The molecule has 0 aromatic heterocycles. The van der Waals surface area contributed by atoms with E-state index in [1.807, 2.05) is 0 Å². The molecule has 0 fully saturated rings. The third kappa shape index (κ3) is 2.86. The normalized spacial score (nSPS) is 10.7. The van der Waals surface area contributed by atoms with Gasteiger partial charge in [-0.1, -0.05) is 0 Å². The third-order valence-electron chi connectivity index (χ3n) is 3.20. The summed E-state index contributed by atoms with van der Waals surface area (Å²) in [5.74, 6) is 0. The van der Waals surface area contributed by atoms with Crippen molar-refractivity contribution in [3.8, 4) is 0 Å². The molecule has 3 aromatic carbocycles. The molecular formula is C19H16As-. The summed E-state index contributed by atoms with van der Waals surface area (Å²) in [5, 5.41) is 0. The van der Waals surface area contributed by atoms with Crippen LogP contribution in [-0.2, 0) is 0 Å². The van der Waals surface area contributed by atoms with Crippen LogP contribution in [0.4, 0.5) is 0 Å². The third-order valence-corrected chi connectivity index (χ3v) is 8.17. The predicted octanol–water partition coefficient (Wildman–Crippen LogP) is 2.31. The Labute approximate surface area is 125 Å². The van der Waals surface area contributed by atoms with E-state index in [9.17, 15) is 0 Å². The number of benzene rings is 3. The van der Waals surface area contributed by atoms with Crippen LogP contribution in [0.1, 0.15) is 5.56 Å². The van der Waals surface area contributed by atoms with Crippen LogP contribution in [0.15, 0.2) is 78.9 Å². The van der Waals surface area contributed by atoms with Gasteiger partial charge in [0.2, 0.25) is 0 Å². The molecule has 0 N–H and O–H groups in total. The van der Waals surface area contributed by atoms with Gasteiger partial charge in [0.25, 0.3) is 0 Å². The molecule has 0 spiro atoms. The second kappa shape index (κ2) is 6.11. The second-order valence-electron chi connectivity index (χ2n) is 4.73. The van der Waals surface area contributed by atoms with Crippen LogP contribution >= 0.6 is 0 Å². The summed E-state index contributed by atoms with van der Waals surface area (Å²) < 4.78 is 4.27. The van der Waals surface area contributed by atoms with Gasteiger partial charge in [-0.25, -0.2) is 0 Å². The average Bonchev–Trinajstić information content (AvgIpc) is 2.50. The van der Waals surface area contributed by atoms with E-state index in [2.05, 4.69) is 91.9 Å². The Balaban J connectivity index is 2.14. The summed E-state index contributed by atoms with van der Waals surface area (Å²) in [6.45, 7) is 2.12. The van der Waals surface area contributed by atoms with Gasteiger partial charge in [0.1, 0.15) is 0 Å². The number of aryl methyl sites for hydroxylation is 1. The number of rotatable bonds is 3. The van der Waals surface area contributed by atoms with E-state index < -0.39 is 14.7 Å². The first-order chi connectivity index (χ1) is 9.84. The fourth-order valence-electron chi connectivity index (χ4n) is 2.28. The van der Waals surface area contributed by atoms with E-state index in [0.29, 0.717) is 0 Å². The number of hydrogen-bond acceptors (Lipinski definition) is 0. The van der Waals surface area contributed by atoms with E-state index in [-0.39, 0.29) is 0 Å². The minimum absolute atomic E-state index is 1.22. The molecule has 0 aliphatic rings. The van der Waals surface area contributed by atoms with Crippen LogP contribution in [0.2, 0.25) is 0 Å². The van der Waals surface area contributed by atoms with Gasteiger partial charge >= 0.3 is 125 Å². The first kappa shape index (κ1) is 13.2. The zero-order valence-electron chi connectivity index (χ0n) is 11.5. The quantitative estimate of drug-likeness (QED) is 0.513. The van der Waals surface area contributed by atoms with Gasteiger partial charge in [0.05, 0.1) is 0 Å². The van der Waals surface area contributed by atoms with Gasteiger partial charge in [-0.2, -0.15) is 0 Å². The Kier molecular flexibility index (Phi) is 4.04. The molecule has 0 saturated heterocycles. The van der Waals surface area contributed by atoms with Crippen molar-refractivity contribution in [2.45, 2.75) is 6.92 Å². The molecule has 0 saturated carbocycles. The molecule has 20 heavy (non-hydrogen) atoms. The Morgan fingerprint density at radius 1 is 0.650 bits per heavy atom. The van der Waals surface area contributed by atoms with Crippen molar-refractivity contribution in [2.24, 2.45) is 0 Å². The molecule has 0 atom stereocenters. The topological polar surface area (TPSA) is 0 Å². The minimum atomic E-state index is -1.47. The van der Waals surface area contributed by atoms with Crippen LogP contribution in [0.5, 0.6) is 0 Å². The Morgan fingerprint density at radius 3 is 1.70 bits per heavy atom. The fourth-order valence-corrected chi connectivity index (χ4v) is 7.14. The van der Waals surface area contributed by atoms with Crippen LogP contribution in [0.3, 0.4) is 0 Å². The van der Waals surface area contributed by atoms with Gasteiger partial charge in [-0.15, -0.1) is 0 Å². The molecule has 3 rings (SSSR count). The van der Waals surface area contributed by atoms with Crippen LogP contribution in [0.25, 0.3) is 0 Å². The standard InChI is InChI=1S/C19H16As/c1-16-9-8-14-19(15-16)20(17-10-4-2-5-11-17)18-12-6-3-7-13-18/h2-14H,1H3/q-1. The van der Waals surface area contributed by atoms with Crippen molar-refractivity contribution in [3.05, 3.63) is 90.5 Å². The van der Waals surface area contributed by atoms with Crippen LogP contribution in [0, 0.1) is 13.0 Å². The molecule has 98 valence electrons. The Morgan fingerprint density at radius 2 is 1.20 bits per heavy atom. The van der Waals surface area contributed by atoms with Gasteiger partial charge in [-0.3, -0.25) is 0 Å². The molecule has 3 aromatic rings. The van der Waals surface area contributed by atoms with E-state index in [4.69, 9.17) is 0 Å². The van der Waals surface area contributed by atoms with E-state index in [1.54, 1.807) is 0 Å². The number of hydrogen-bond donors (Lipinski definition) is 0. The maximum atomic E-state index is 3.57. The molecule has 0 aliphatic heterocycles. The van der Waals surface area contributed by atoms with Gasteiger partial charge < -0.3 is 0 Å². The molecule has 0 bridgehead atoms. The second-order valence-corrected chi connectivity index (χ2v) is 9.31. The summed E-state index contributed by atoms with van der Waals surface area (Å²) in [4.78, 5) is 0. The zero-order valence-corrected chi connectivity index (χ0v) is 13.3. The Bertz CT molecular complexity index is 635. The summed E-state index contributed by atoms with van der Waals surface area (Å²) in [6.07, 6.45) is 0. The van der Waals surface area contributed by atoms with E-state index >= 15 is 0 Å². The van der Waals surface area contributed by atoms with Crippen molar-refractivity contribution in [1.29, 1.82) is 0 Å². The van der Waals surface area contributed by atoms with Gasteiger partial charge in [0.15, 0.2) is 0 Å². The van der Waals surface area contributed by atoms with Gasteiger partial charge in [-0.05, 0) is 0 Å². The predicted molar refractivity (Wildman–Crippen MR) is 87.6 cm³/mol. The molecule has 0 unspecified atom stereocenters. The Hall–Kier alpha value is -1.78. The van der Waals surface area contributed by atoms with Crippen LogP contribution in [-0.4, -0.2) is 14.7 Å². The van der Waals surface area contributed by atoms with Crippen LogP contribution < -0.4 is 13.1 Å². The van der Waals surface area contributed by atoms with E-state index in [0.717, 1.165) is 0 Å². The van der Waals surface area contributed by atoms with Crippen molar-refractivity contribution in [3.63, 3.8) is 0 Å². The molecule has 1 heteroatoms. The van der Waals surface area contributed by atoms with Crippen molar-refractivity contribution in [2.75, 3.05) is 0 Å². The first-order valence-electron chi connectivity index (χ1n) is 6.74. The SMILES string of the molecule is Cc1[c-]c([As](c2ccccc2)c2ccccc2)ccc1. The van der Waals surface area contributed by atoms with Crippen molar-refractivity contribution in [1.82, 2.24) is 0 Å². The monoisotopic (exact) mass is 319 g/mol. The molecule has 0 heterocycles. The summed E-state index contributed by atoms with van der Waals surface area (Å²) in [5.41, 5.74) is 1.22. The fraction of sp³-hybridized carbons (Fsp3) is 0.0526. The van der Waals surface area contributed by atoms with Gasteiger partial charge in [0, 0.05) is 0 Å².